The first kappa shape index (κ1) is 22.0. The largest absolute Gasteiger partial charge is 0.493 e. The van der Waals surface area contributed by atoms with Crippen LogP contribution in [0.5, 0.6) is 11.5 Å². The number of carbonyl (C=O) groups is 1. The molecule has 6 heteroatoms. The van der Waals surface area contributed by atoms with Gasteiger partial charge in [-0.15, -0.1) is 0 Å². The van der Waals surface area contributed by atoms with Crippen LogP contribution in [-0.4, -0.2) is 35.7 Å². The zero-order valence-electron chi connectivity index (χ0n) is 19.6. The summed E-state index contributed by atoms with van der Waals surface area (Å²) >= 11 is 0. The Kier molecular flexibility index (Phi) is 6.21. The van der Waals surface area contributed by atoms with Gasteiger partial charge in [0.05, 0.1) is 24.7 Å². The molecule has 1 aromatic heterocycles. The number of nitrogens with zero attached hydrogens (tertiary/aromatic N) is 3. The molecule has 2 heterocycles. The van der Waals surface area contributed by atoms with E-state index >= 15 is 0 Å². The first-order chi connectivity index (χ1) is 16.7. The van der Waals surface area contributed by atoms with E-state index in [0.29, 0.717) is 31.9 Å². The molecular weight excluding hydrogens is 426 g/mol. The highest BCUT2D eigenvalue weighted by Crippen LogP contribution is 2.35. The van der Waals surface area contributed by atoms with Crippen LogP contribution in [0, 0.1) is 0 Å². The minimum absolute atomic E-state index is 0.0241. The zero-order valence-corrected chi connectivity index (χ0v) is 19.6. The summed E-state index contributed by atoms with van der Waals surface area (Å²) in [5.74, 6) is 2.54. The van der Waals surface area contributed by atoms with Crippen LogP contribution < -0.4 is 14.4 Å². The molecule has 0 N–H and O–H groups in total. The third kappa shape index (κ3) is 4.12. The van der Waals surface area contributed by atoms with Gasteiger partial charge in [-0.3, -0.25) is 4.79 Å². The first-order valence-electron chi connectivity index (χ1n) is 11.8. The fraction of sp³-hybridized carbons (Fsp3) is 0.286. The number of aryl methyl sites for hydroxylation is 1. The zero-order chi connectivity index (χ0) is 23.5. The summed E-state index contributed by atoms with van der Waals surface area (Å²) in [6.07, 6.45) is 1.35. The molecule has 0 unspecified atom stereocenters. The number of amides is 1. The summed E-state index contributed by atoms with van der Waals surface area (Å²) in [5.41, 5.74) is 4.20. The van der Waals surface area contributed by atoms with Crippen molar-refractivity contribution in [3.05, 3.63) is 84.2 Å². The molecule has 1 fully saturated rings. The Morgan fingerprint density at radius 3 is 2.53 bits per heavy atom. The van der Waals surface area contributed by atoms with Crippen molar-refractivity contribution in [2.24, 2.45) is 0 Å². The van der Waals surface area contributed by atoms with Gasteiger partial charge < -0.3 is 18.9 Å². The molecule has 0 bridgehead atoms. The second kappa shape index (κ2) is 9.59. The number of para-hydroxylation sites is 5. The summed E-state index contributed by atoms with van der Waals surface area (Å²) in [7, 11) is 1.64. The molecule has 6 nitrogen and oxygen atoms in total. The summed E-state index contributed by atoms with van der Waals surface area (Å²) in [6.45, 7) is 3.85. The van der Waals surface area contributed by atoms with Gasteiger partial charge in [0.25, 0.3) is 0 Å². The molecule has 1 atom stereocenters. The van der Waals surface area contributed by atoms with E-state index in [9.17, 15) is 4.79 Å². The molecule has 0 spiro atoms. The summed E-state index contributed by atoms with van der Waals surface area (Å²) in [6, 6.07) is 23.9. The predicted molar refractivity (Wildman–Crippen MR) is 134 cm³/mol. The minimum Gasteiger partial charge on any atom is -0.493 e. The quantitative estimate of drug-likeness (QED) is 0.366. The Morgan fingerprint density at radius 1 is 0.971 bits per heavy atom. The molecular formula is C28H29N3O3. The highest BCUT2D eigenvalue weighted by Gasteiger charge is 2.35. The van der Waals surface area contributed by atoms with E-state index in [1.165, 1.54) is 5.56 Å². The number of rotatable bonds is 8. The summed E-state index contributed by atoms with van der Waals surface area (Å²) in [4.78, 5) is 20.0. The van der Waals surface area contributed by atoms with Crippen molar-refractivity contribution in [3.8, 4) is 11.5 Å². The van der Waals surface area contributed by atoms with Gasteiger partial charge in [-0.2, -0.15) is 0 Å². The number of ether oxygens (including phenoxy) is 2. The SMILES string of the molecule is CCc1ccccc1N1C[C@H](c2nc3ccccc3n2CCOc2ccccc2OC)CC1=O. The number of hydrogen-bond acceptors (Lipinski definition) is 4. The van der Waals surface area contributed by atoms with Crippen molar-refractivity contribution < 1.29 is 14.3 Å². The fourth-order valence-electron chi connectivity index (χ4n) is 4.81. The molecule has 1 saturated heterocycles. The van der Waals surface area contributed by atoms with E-state index in [1.54, 1.807) is 7.11 Å². The standard InChI is InChI=1S/C28H29N3O3/c1-3-20-10-4-6-12-23(20)31-19-21(18-27(31)32)28-29-22-11-5-7-13-24(22)30(28)16-17-34-26-15-9-8-14-25(26)33-2/h4-15,21H,3,16-19H2,1-2H3/t21-/m1/s1. The van der Waals surface area contributed by atoms with Crippen molar-refractivity contribution in [3.63, 3.8) is 0 Å². The van der Waals surface area contributed by atoms with Crippen LogP contribution in [0.2, 0.25) is 0 Å². The van der Waals surface area contributed by atoms with Crippen LogP contribution >= 0.6 is 0 Å². The number of fused-ring (bicyclic) bond motifs is 1. The number of benzene rings is 3. The number of hydrogen-bond donors (Lipinski definition) is 0. The molecule has 1 amide bonds. The maximum Gasteiger partial charge on any atom is 0.227 e. The van der Waals surface area contributed by atoms with E-state index in [0.717, 1.165) is 34.7 Å². The van der Waals surface area contributed by atoms with Crippen molar-refractivity contribution in [2.45, 2.75) is 32.2 Å². The van der Waals surface area contributed by atoms with Crippen LogP contribution in [0.3, 0.4) is 0 Å². The Labute approximate surface area is 199 Å². The maximum atomic E-state index is 13.1. The van der Waals surface area contributed by atoms with Gasteiger partial charge in [0.1, 0.15) is 12.4 Å². The van der Waals surface area contributed by atoms with Gasteiger partial charge in [0.2, 0.25) is 5.91 Å². The van der Waals surface area contributed by atoms with E-state index < -0.39 is 0 Å². The topological polar surface area (TPSA) is 56.6 Å². The van der Waals surface area contributed by atoms with Crippen LogP contribution in [0.1, 0.15) is 30.7 Å². The Hall–Kier alpha value is -3.80. The highest BCUT2D eigenvalue weighted by atomic mass is 16.5. The number of carbonyl (C=O) groups excluding carboxylic acids is 1. The summed E-state index contributed by atoms with van der Waals surface area (Å²) < 4.78 is 13.7. The van der Waals surface area contributed by atoms with E-state index in [4.69, 9.17) is 14.5 Å². The molecule has 3 aromatic carbocycles. The minimum atomic E-state index is 0.0241. The van der Waals surface area contributed by atoms with Gasteiger partial charge in [-0.1, -0.05) is 49.4 Å². The average molecular weight is 456 g/mol. The lowest BCUT2D eigenvalue weighted by Gasteiger charge is -2.20. The molecule has 0 radical (unpaired) electrons. The van der Waals surface area contributed by atoms with Gasteiger partial charge >= 0.3 is 0 Å². The van der Waals surface area contributed by atoms with Gasteiger partial charge in [0, 0.05) is 24.6 Å². The van der Waals surface area contributed by atoms with Gasteiger partial charge in [-0.05, 0) is 42.3 Å². The smallest absolute Gasteiger partial charge is 0.227 e. The lowest BCUT2D eigenvalue weighted by molar-refractivity contribution is -0.117. The molecule has 4 aromatic rings. The van der Waals surface area contributed by atoms with E-state index in [1.807, 2.05) is 65.6 Å². The van der Waals surface area contributed by atoms with E-state index in [2.05, 4.69) is 23.6 Å². The Bertz CT molecular complexity index is 1310. The first-order valence-corrected chi connectivity index (χ1v) is 11.8. The number of aromatic nitrogens is 2. The van der Waals surface area contributed by atoms with Crippen molar-refractivity contribution in [1.82, 2.24) is 9.55 Å². The normalized spacial score (nSPS) is 15.8. The molecule has 1 aliphatic heterocycles. The fourth-order valence-corrected chi connectivity index (χ4v) is 4.81. The average Bonchev–Trinajstić information content (AvgIpc) is 3.44. The Morgan fingerprint density at radius 2 is 1.71 bits per heavy atom. The molecule has 5 rings (SSSR count). The van der Waals surface area contributed by atoms with Crippen LogP contribution in [0.25, 0.3) is 11.0 Å². The van der Waals surface area contributed by atoms with Crippen molar-refractivity contribution >= 4 is 22.6 Å². The highest BCUT2D eigenvalue weighted by molar-refractivity contribution is 5.97. The van der Waals surface area contributed by atoms with Gasteiger partial charge in [-0.25, -0.2) is 4.98 Å². The third-order valence-corrected chi connectivity index (χ3v) is 6.48. The second-order valence-electron chi connectivity index (χ2n) is 8.50. The summed E-state index contributed by atoms with van der Waals surface area (Å²) in [5, 5.41) is 0. The monoisotopic (exact) mass is 455 g/mol. The molecule has 0 saturated carbocycles. The lowest BCUT2D eigenvalue weighted by atomic mass is 10.1. The number of methoxy groups -OCH3 is 1. The number of imidazole rings is 1. The second-order valence-corrected chi connectivity index (χ2v) is 8.50. The Balaban J connectivity index is 1.41. The predicted octanol–water partition coefficient (Wildman–Crippen LogP) is 5.21. The maximum absolute atomic E-state index is 13.1. The van der Waals surface area contributed by atoms with Crippen molar-refractivity contribution in [1.29, 1.82) is 0 Å². The third-order valence-electron chi connectivity index (χ3n) is 6.48. The van der Waals surface area contributed by atoms with Gasteiger partial charge in [0.15, 0.2) is 11.5 Å². The van der Waals surface area contributed by atoms with E-state index in [-0.39, 0.29) is 11.8 Å². The van der Waals surface area contributed by atoms with Crippen molar-refractivity contribution in [2.75, 3.05) is 25.2 Å². The molecule has 0 aliphatic carbocycles. The lowest BCUT2D eigenvalue weighted by Crippen LogP contribution is -2.25. The molecule has 174 valence electrons. The molecule has 34 heavy (non-hydrogen) atoms. The van der Waals surface area contributed by atoms with Crippen LogP contribution in [0.4, 0.5) is 5.69 Å². The van der Waals surface area contributed by atoms with Crippen LogP contribution in [-0.2, 0) is 17.8 Å². The van der Waals surface area contributed by atoms with Crippen LogP contribution in [0.15, 0.2) is 72.8 Å². The molecule has 1 aliphatic rings. The number of anilines is 1.